The maximum atomic E-state index is 12.1. The third-order valence-corrected chi connectivity index (χ3v) is 3.44. The minimum atomic E-state index is -0.0308. The summed E-state index contributed by atoms with van der Waals surface area (Å²) < 4.78 is 0. The summed E-state index contributed by atoms with van der Waals surface area (Å²) in [6.45, 7) is 2.95. The Morgan fingerprint density at radius 1 is 1.39 bits per heavy atom. The van der Waals surface area contributed by atoms with Gasteiger partial charge in [-0.15, -0.1) is 0 Å². The van der Waals surface area contributed by atoms with Crippen molar-refractivity contribution < 1.29 is 4.79 Å². The molecule has 0 saturated carbocycles. The highest BCUT2D eigenvalue weighted by atomic mass is 16.2. The van der Waals surface area contributed by atoms with Crippen LogP contribution < -0.4 is 10.6 Å². The van der Waals surface area contributed by atoms with E-state index in [9.17, 15) is 4.79 Å². The van der Waals surface area contributed by atoms with Crippen LogP contribution in [0.4, 0.5) is 0 Å². The van der Waals surface area contributed by atoms with E-state index in [-0.39, 0.29) is 18.0 Å². The van der Waals surface area contributed by atoms with E-state index >= 15 is 0 Å². The van der Waals surface area contributed by atoms with Crippen molar-refractivity contribution in [2.24, 2.45) is 0 Å². The Morgan fingerprint density at radius 3 is 2.94 bits per heavy atom. The van der Waals surface area contributed by atoms with Crippen LogP contribution in [0.1, 0.15) is 44.2 Å². The minimum absolute atomic E-state index is 0.0308. The molecule has 4 heteroatoms. The summed E-state index contributed by atoms with van der Waals surface area (Å²) >= 11 is 0. The van der Waals surface area contributed by atoms with E-state index in [1.54, 1.807) is 12.4 Å². The number of amides is 1. The van der Waals surface area contributed by atoms with Gasteiger partial charge in [-0.2, -0.15) is 0 Å². The highest BCUT2D eigenvalue weighted by molar-refractivity contribution is 5.82. The summed E-state index contributed by atoms with van der Waals surface area (Å²) in [5, 5.41) is 6.38. The van der Waals surface area contributed by atoms with Gasteiger partial charge in [-0.1, -0.05) is 12.8 Å². The number of nitrogens with one attached hydrogen (secondary N) is 2. The molecule has 0 spiro atoms. The number of carbonyl (C=O) groups excluding carboxylic acids is 1. The van der Waals surface area contributed by atoms with Gasteiger partial charge in [0, 0.05) is 12.4 Å². The summed E-state index contributed by atoms with van der Waals surface area (Å²) in [5.74, 6) is 0.112. The standard InChI is InChI=1S/C14H21N3O/c1-11(12-6-9-15-10-7-12)17-14(18)13-5-3-2-4-8-16-13/h6-7,9-11,13,16H,2-5,8H2,1H3,(H,17,18)/t11-,13?/m1/s1. The van der Waals surface area contributed by atoms with E-state index < -0.39 is 0 Å². The van der Waals surface area contributed by atoms with E-state index in [0.717, 1.165) is 24.9 Å². The predicted molar refractivity (Wildman–Crippen MR) is 71.1 cm³/mol. The van der Waals surface area contributed by atoms with Crippen molar-refractivity contribution in [1.82, 2.24) is 15.6 Å². The van der Waals surface area contributed by atoms with Crippen LogP contribution in [0.15, 0.2) is 24.5 Å². The lowest BCUT2D eigenvalue weighted by atomic mass is 10.1. The average Bonchev–Trinajstić information content (AvgIpc) is 2.68. The quantitative estimate of drug-likeness (QED) is 0.856. The van der Waals surface area contributed by atoms with Gasteiger partial charge in [0.15, 0.2) is 0 Å². The largest absolute Gasteiger partial charge is 0.348 e. The van der Waals surface area contributed by atoms with E-state index in [0.29, 0.717) is 0 Å². The van der Waals surface area contributed by atoms with Gasteiger partial charge in [0.1, 0.15) is 0 Å². The maximum absolute atomic E-state index is 12.1. The van der Waals surface area contributed by atoms with Crippen molar-refractivity contribution in [2.45, 2.75) is 44.7 Å². The number of carbonyl (C=O) groups is 1. The molecule has 0 aromatic carbocycles. The molecule has 2 atom stereocenters. The monoisotopic (exact) mass is 247 g/mol. The zero-order valence-electron chi connectivity index (χ0n) is 10.9. The molecule has 0 aliphatic carbocycles. The van der Waals surface area contributed by atoms with Crippen LogP contribution in [0.25, 0.3) is 0 Å². The Labute approximate surface area is 108 Å². The van der Waals surface area contributed by atoms with Crippen molar-refractivity contribution in [3.63, 3.8) is 0 Å². The first-order valence-electron chi connectivity index (χ1n) is 6.71. The second kappa shape index (κ2) is 6.50. The Balaban J connectivity index is 1.90. The molecule has 1 amide bonds. The van der Waals surface area contributed by atoms with Crippen LogP contribution in [0, 0.1) is 0 Å². The molecule has 1 aromatic rings. The first kappa shape index (κ1) is 13.0. The zero-order chi connectivity index (χ0) is 12.8. The number of rotatable bonds is 3. The van der Waals surface area contributed by atoms with E-state index in [2.05, 4.69) is 15.6 Å². The minimum Gasteiger partial charge on any atom is -0.348 e. The van der Waals surface area contributed by atoms with Crippen molar-refractivity contribution in [3.8, 4) is 0 Å². The molecule has 2 heterocycles. The fraction of sp³-hybridized carbons (Fsp3) is 0.571. The summed E-state index contributed by atoms with van der Waals surface area (Å²) in [7, 11) is 0. The van der Waals surface area contributed by atoms with Crippen LogP contribution in [0.2, 0.25) is 0 Å². The molecular formula is C14H21N3O. The molecule has 1 aliphatic heterocycles. The van der Waals surface area contributed by atoms with Crippen LogP contribution >= 0.6 is 0 Å². The Hall–Kier alpha value is -1.42. The molecule has 1 aliphatic rings. The highest BCUT2D eigenvalue weighted by Gasteiger charge is 2.20. The second-order valence-electron chi connectivity index (χ2n) is 4.87. The van der Waals surface area contributed by atoms with E-state index in [4.69, 9.17) is 0 Å². The summed E-state index contributed by atoms with van der Waals surface area (Å²) in [6.07, 6.45) is 7.97. The Bertz CT molecular complexity index is 372. The highest BCUT2D eigenvalue weighted by Crippen LogP contribution is 2.13. The van der Waals surface area contributed by atoms with Gasteiger partial charge >= 0.3 is 0 Å². The molecule has 0 radical (unpaired) electrons. The number of aromatic nitrogens is 1. The molecule has 4 nitrogen and oxygen atoms in total. The van der Waals surface area contributed by atoms with Gasteiger partial charge < -0.3 is 10.6 Å². The number of nitrogens with zero attached hydrogens (tertiary/aromatic N) is 1. The normalized spacial score (nSPS) is 21.9. The fourth-order valence-corrected chi connectivity index (χ4v) is 2.30. The van der Waals surface area contributed by atoms with Gasteiger partial charge in [-0.3, -0.25) is 9.78 Å². The molecule has 0 bridgehead atoms. The molecule has 1 saturated heterocycles. The zero-order valence-corrected chi connectivity index (χ0v) is 10.9. The van der Waals surface area contributed by atoms with Crippen LogP contribution in [-0.2, 0) is 4.79 Å². The van der Waals surface area contributed by atoms with Crippen LogP contribution in [0.3, 0.4) is 0 Å². The number of hydrogen-bond donors (Lipinski definition) is 2. The van der Waals surface area contributed by atoms with E-state index in [1.807, 2.05) is 19.1 Å². The Morgan fingerprint density at radius 2 is 2.17 bits per heavy atom. The summed E-state index contributed by atoms with van der Waals surface area (Å²) in [4.78, 5) is 16.1. The smallest absolute Gasteiger partial charge is 0.237 e. The molecule has 98 valence electrons. The second-order valence-corrected chi connectivity index (χ2v) is 4.87. The third-order valence-electron chi connectivity index (χ3n) is 3.44. The summed E-state index contributed by atoms with van der Waals surface area (Å²) in [5.41, 5.74) is 1.09. The van der Waals surface area contributed by atoms with Crippen LogP contribution in [0.5, 0.6) is 0 Å². The topological polar surface area (TPSA) is 54.0 Å². The van der Waals surface area contributed by atoms with Crippen molar-refractivity contribution in [2.75, 3.05) is 6.54 Å². The van der Waals surface area contributed by atoms with E-state index in [1.165, 1.54) is 12.8 Å². The molecule has 1 unspecified atom stereocenters. The lowest BCUT2D eigenvalue weighted by Crippen LogP contribution is -2.44. The maximum Gasteiger partial charge on any atom is 0.237 e. The lowest BCUT2D eigenvalue weighted by Gasteiger charge is -2.20. The molecule has 2 N–H and O–H groups in total. The van der Waals surface area contributed by atoms with Gasteiger partial charge in [-0.25, -0.2) is 0 Å². The van der Waals surface area contributed by atoms with Gasteiger partial charge in [0.25, 0.3) is 0 Å². The third kappa shape index (κ3) is 3.53. The number of pyridine rings is 1. The predicted octanol–water partition coefficient (Wildman–Crippen LogP) is 1.79. The molecule has 1 aromatic heterocycles. The summed E-state index contributed by atoms with van der Waals surface area (Å²) in [6, 6.07) is 3.87. The molecule has 18 heavy (non-hydrogen) atoms. The Kier molecular flexibility index (Phi) is 4.70. The number of hydrogen-bond acceptors (Lipinski definition) is 3. The lowest BCUT2D eigenvalue weighted by molar-refractivity contribution is -0.123. The average molecular weight is 247 g/mol. The molecular weight excluding hydrogens is 226 g/mol. The van der Waals surface area contributed by atoms with Gasteiger partial charge in [0.05, 0.1) is 12.1 Å². The van der Waals surface area contributed by atoms with Gasteiger partial charge in [0.2, 0.25) is 5.91 Å². The molecule has 1 fully saturated rings. The van der Waals surface area contributed by atoms with Crippen molar-refractivity contribution >= 4 is 5.91 Å². The van der Waals surface area contributed by atoms with Crippen LogP contribution in [-0.4, -0.2) is 23.5 Å². The van der Waals surface area contributed by atoms with Crippen molar-refractivity contribution in [3.05, 3.63) is 30.1 Å². The first-order chi connectivity index (χ1) is 8.77. The fourth-order valence-electron chi connectivity index (χ4n) is 2.30. The molecule has 2 rings (SSSR count). The van der Waals surface area contributed by atoms with Gasteiger partial charge in [-0.05, 0) is 44.0 Å². The van der Waals surface area contributed by atoms with Crippen molar-refractivity contribution in [1.29, 1.82) is 0 Å². The SMILES string of the molecule is C[C@@H](NC(=O)C1CCCCCN1)c1ccncc1. The first-order valence-corrected chi connectivity index (χ1v) is 6.71.